The number of carbonyl (C=O) groups excluding carboxylic acids is 1. The van der Waals surface area contributed by atoms with Gasteiger partial charge in [-0.05, 0) is 24.0 Å². The third-order valence-corrected chi connectivity index (χ3v) is 2.43. The van der Waals surface area contributed by atoms with Crippen molar-refractivity contribution in [2.75, 3.05) is 11.1 Å². The smallest absolute Gasteiger partial charge is 0.225 e. The number of hydrogen-bond donors (Lipinski definition) is 2. The predicted molar refractivity (Wildman–Crippen MR) is 66.0 cm³/mol. The molecule has 1 rings (SSSR count). The fraction of sp³-hybridized carbons (Fsp3) is 0.200. The summed E-state index contributed by atoms with van der Waals surface area (Å²) in [4.78, 5) is 11.3. The first-order valence-corrected chi connectivity index (χ1v) is 5.70. The topological polar surface area (TPSA) is 52.9 Å². The molecule has 0 aliphatic carbocycles. The summed E-state index contributed by atoms with van der Waals surface area (Å²) < 4.78 is 0.822. The lowest BCUT2D eigenvalue weighted by atomic mass is 10.2. The fourth-order valence-electron chi connectivity index (χ4n) is 1.03. The van der Waals surface area contributed by atoms with Crippen LogP contribution in [0.5, 0.6) is 0 Å². The number of nitrogens with one attached hydrogen (secondary N) is 1. The zero-order chi connectivity index (χ0) is 11.3. The molecule has 3 nitrogen and oxygen atoms in total. The van der Waals surface area contributed by atoms with Crippen LogP contribution in [0.4, 0.5) is 5.69 Å². The summed E-state index contributed by atoms with van der Waals surface area (Å²) in [5.74, 6) is 0.349. The van der Waals surface area contributed by atoms with E-state index in [4.69, 9.17) is 5.26 Å². The largest absolute Gasteiger partial charge is 0.325 e. The second kappa shape index (κ2) is 5.79. The first-order chi connectivity index (χ1) is 7.17. The second-order valence-corrected chi connectivity index (χ2v) is 4.19. The quantitative estimate of drug-likeness (QED) is 0.839. The van der Waals surface area contributed by atoms with Gasteiger partial charge in [0, 0.05) is 10.9 Å². The number of halogens is 1. The van der Waals surface area contributed by atoms with Crippen molar-refractivity contribution >= 4 is 40.2 Å². The molecule has 0 aliphatic rings. The van der Waals surface area contributed by atoms with E-state index in [1.165, 1.54) is 0 Å². The summed E-state index contributed by atoms with van der Waals surface area (Å²) in [6.07, 6.45) is 0.334. The van der Waals surface area contributed by atoms with Gasteiger partial charge < -0.3 is 5.32 Å². The van der Waals surface area contributed by atoms with Crippen LogP contribution < -0.4 is 5.32 Å². The number of hydrogen-bond acceptors (Lipinski definition) is 3. The molecule has 0 aromatic heterocycles. The molecule has 1 aromatic carbocycles. The Morgan fingerprint density at radius 1 is 1.60 bits per heavy atom. The number of nitriles is 1. The number of benzene rings is 1. The van der Waals surface area contributed by atoms with Crippen molar-refractivity contribution in [2.24, 2.45) is 0 Å². The van der Waals surface area contributed by atoms with E-state index in [0.717, 1.165) is 4.47 Å². The molecule has 1 N–H and O–H groups in total. The van der Waals surface area contributed by atoms with E-state index < -0.39 is 0 Å². The third-order valence-electron chi connectivity index (χ3n) is 1.72. The van der Waals surface area contributed by atoms with E-state index >= 15 is 0 Å². The summed E-state index contributed by atoms with van der Waals surface area (Å²) >= 11 is 7.24. The zero-order valence-electron chi connectivity index (χ0n) is 7.83. The highest BCUT2D eigenvalue weighted by Gasteiger charge is 2.06. The Labute approximate surface area is 102 Å². The van der Waals surface area contributed by atoms with E-state index in [9.17, 15) is 4.79 Å². The minimum atomic E-state index is -0.139. The number of thiol groups is 1. The van der Waals surface area contributed by atoms with Crippen molar-refractivity contribution in [3.63, 3.8) is 0 Å². The van der Waals surface area contributed by atoms with Crippen LogP contribution in [0.15, 0.2) is 22.7 Å². The van der Waals surface area contributed by atoms with Crippen molar-refractivity contribution in [1.82, 2.24) is 0 Å². The number of amides is 1. The van der Waals surface area contributed by atoms with Crippen LogP contribution in [-0.4, -0.2) is 11.7 Å². The highest BCUT2D eigenvalue weighted by atomic mass is 79.9. The number of rotatable bonds is 3. The molecular formula is C10H9BrN2OS. The summed E-state index contributed by atoms with van der Waals surface area (Å²) in [5.41, 5.74) is 0.976. The van der Waals surface area contributed by atoms with Gasteiger partial charge in [0.2, 0.25) is 5.91 Å². The van der Waals surface area contributed by atoms with Gasteiger partial charge in [-0.3, -0.25) is 4.79 Å². The maximum Gasteiger partial charge on any atom is 0.225 e. The van der Waals surface area contributed by atoms with Crippen LogP contribution in [-0.2, 0) is 4.79 Å². The van der Waals surface area contributed by atoms with Crippen molar-refractivity contribution in [1.29, 1.82) is 5.26 Å². The Morgan fingerprint density at radius 3 is 2.93 bits per heavy atom. The molecule has 0 heterocycles. The van der Waals surface area contributed by atoms with Crippen molar-refractivity contribution < 1.29 is 4.79 Å². The molecule has 0 spiro atoms. The molecular weight excluding hydrogens is 276 g/mol. The fourth-order valence-corrected chi connectivity index (χ4v) is 1.60. The van der Waals surface area contributed by atoms with Gasteiger partial charge in [0.15, 0.2) is 0 Å². The zero-order valence-corrected chi connectivity index (χ0v) is 10.3. The van der Waals surface area contributed by atoms with Gasteiger partial charge in [-0.1, -0.05) is 15.9 Å². The molecule has 1 amide bonds. The van der Waals surface area contributed by atoms with E-state index in [1.807, 2.05) is 6.07 Å². The minimum Gasteiger partial charge on any atom is -0.325 e. The highest BCUT2D eigenvalue weighted by Crippen LogP contribution is 2.20. The molecule has 0 fully saturated rings. The molecule has 0 saturated carbocycles. The van der Waals surface area contributed by atoms with Gasteiger partial charge in [-0.25, -0.2) is 0 Å². The lowest BCUT2D eigenvalue weighted by Gasteiger charge is -2.06. The van der Waals surface area contributed by atoms with E-state index in [0.29, 0.717) is 23.4 Å². The monoisotopic (exact) mass is 284 g/mol. The van der Waals surface area contributed by atoms with Crippen LogP contribution >= 0.6 is 28.6 Å². The van der Waals surface area contributed by atoms with Crippen molar-refractivity contribution in [3.05, 3.63) is 28.2 Å². The second-order valence-electron chi connectivity index (χ2n) is 2.82. The van der Waals surface area contributed by atoms with Crippen LogP contribution in [0, 0.1) is 11.3 Å². The van der Waals surface area contributed by atoms with Crippen molar-refractivity contribution in [2.45, 2.75) is 6.42 Å². The Morgan fingerprint density at radius 2 is 2.33 bits per heavy atom. The Bertz CT molecular complexity index is 414. The minimum absolute atomic E-state index is 0.139. The standard InChI is InChI=1S/C10H9BrN2OS/c11-8-2-1-7(6-12)9(5-8)13-10(14)3-4-15/h1-2,5,15H,3-4H2,(H,13,14). The van der Waals surface area contributed by atoms with Gasteiger partial charge in [0.05, 0.1) is 11.3 Å². The van der Waals surface area contributed by atoms with Crippen LogP contribution in [0.1, 0.15) is 12.0 Å². The van der Waals surface area contributed by atoms with Gasteiger partial charge in [0.1, 0.15) is 6.07 Å². The van der Waals surface area contributed by atoms with Gasteiger partial charge >= 0.3 is 0 Å². The Balaban J connectivity index is 2.88. The lowest BCUT2D eigenvalue weighted by molar-refractivity contribution is -0.115. The third kappa shape index (κ3) is 3.57. The molecule has 15 heavy (non-hydrogen) atoms. The Kier molecular flexibility index (Phi) is 4.66. The highest BCUT2D eigenvalue weighted by molar-refractivity contribution is 9.10. The summed E-state index contributed by atoms with van der Waals surface area (Å²) in [6, 6.07) is 7.13. The summed E-state index contributed by atoms with van der Waals surface area (Å²) in [6.45, 7) is 0. The normalized spacial score (nSPS) is 9.40. The van der Waals surface area contributed by atoms with E-state index in [-0.39, 0.29) is 5.91 Å². The SMILES string of the molecule is N#Cc1ccc(Br)cc1NC(=O)CCS. The lowest BCUT2D eigenvalue weighted by Crippen LogP contribution is -2.12. The molecule has 0 atom stereocenters. The van der Waals surface area contributed by atoms with Crippen LogP contribution in [0.25, 0.3) is 0 Å². The van der Waals surface area contributed by atoms with Crippen molar-refractivity contribution in [3.8, 4) is 6.07 Å². The van der Waals surface area contributed by atoms with Gasteiger partial charge in [-0.15, -0.1) is 0 Å². The Hall–Kier alpha value is -0.990. The van der Waals surface area contributed by atoms with Crippen LogP contribution in [0.2, 0.25) is 0 Å². The molecule has 0 aliphatic heterocycles. The summed E-state index contributed by atoms with van der Waals surface area (Å²) in [7, 11) is 0. The van der Waals surface area contributed by atoms with E-state index in [2.05, 4.69) is 33.9 Å². The first kappa shape index (κ1) is 12.1. The number of anilines is 1. The maximum atomic E-state index is 11.3. The predicted octanol–water partition coefficient (Wildman–Crippen LogP) is 2.58. The molecule has 0 bridgehead atoms. The first-order valence-electron chi connectivity index (χ1n) is 4.27. The number of carbonyl (C=O) groups is 1. The van der Waals surface area contributed by atoms with E-state index in [1.54, 1.807) is 18.2 Å². The molecule has 78 valence electrons. The van der Waals surface area contributed by atoms with Gasteiger partial charge in [0.25, 0.3) is 0 Å². The summed E-state index contributed by atoms with van der Waals surface area (Å²) in [5, 5.41) is 11.5. The maximum absolute atomic E-state index is 11.3. The molecule has 0 saturated heterocycles. The number of nitrogens with zero attached hydrogens (tertiary/aromatic N) is 1. The average molecular weight is 285 g/mol. The molecule has 0 radical (unpaired) electrons. The molecule has 5 heteroatoms. The molecule has 0 unspecified atom stereocenters. The van der Waals surface area contributed by atoms with Crippen LogP contribution in [0.3, 0.4) is 0 Å². The van der Waals surface area contributed by atoms with Gasteiger partial charge in [-0.2, -0.15) is 17.9 Å². The molecule has 1 aromatic rings. The average Bonchev–Trinajstić information content (AvgIpc) is 2.18.